The first-order valence-electron chi connectivity index (χ1n) is 11.8. The molecule has 0 spiro atoms. The Kier molecular flexibility index (Phi) is 3.97. The van der Waals surface area contributed by atoms with Crippen molar-refractivity contribution in [1.29, 1.82) is 0 Å². The van der Waals surface area contributed by atoms with Crippen LogP contribution in [-0.4, -0.2) is 47.2 Å². The van der Waals surface area contributed by atoms with E-state index in [4.69, 9.17) is 9.60 Å². The molecule has 0 radical (unpaired) electrons. The summed E-state index contributed by atoms with van der Waals surface area (Å²) in [5.41, 5.74) is 0.929. The maximum atomic E-state index is 13.0. The molecule has 0 fully saturated rings. The fraction of sp³-hybridized carbons (Fsp3) is 0.550. The molecule has 0 bridgehead atoms. The van der Waals surface area contributed by atoms with E-state index >= 15 is 0 Å². The van der Waals surface area contributed by atoms with Gasteiger partial charge in [0.25, 0.3) is 0 Å². The van der Waals surface area contributed by atoms with Crippen LogP contribution in [0, 0.1) is 11.8 Å². The van der Waals surface area contributed by atoms with Crippen LogP contribution in [0.25, 0.3) is 0 Å². The predicted octanol–water partition coefficient (Wildman–Crippen LogP) is 1.47. The number of nitrogens with one attached hydrogen (secondary N) is 1. The fourth-order valence-electron chi connectivity index (χ4n) is 2.69. The number of aliphatic hydroxyl groups is 1. The molecule has 6 heteroatoms. The third-order valence-electron chi connectivity index (χ3n) is 4.30. The average Bonchev–Trinajstić information content (AvgIpc) is 2.75. The van der Waals surface area contributed by atoms with Crippen molar-refractivity contribution in [3.05, 3.63) is 35.4 Å². The summed E-state index contributed by atoms with van der Waals surface area (Å²) in [5, 5.41) is 12.7. The highest BCUT2D eigenvalue weighted by atomic mass is 16.3. The second-order valence-electron chi connectivity index (χ2n) is 6.37. The van der Waals surface area contributed by atoms with Crippen molar-refractivity contribution in [1.82, 2.24) is 10.2 Å². The van der Waals surface area contributed by atoms with Gasteiger partial charge in [-0.25, -0.2) is 0 Å². The molecule has 0 aliphatic carbocycles. The van der Waals surface area contributed by atoms with Gasteiger partial charge in [-0.15, -0.1) is 0 Å². The Labute approximate surface area is 164 Å². The lowest BCUT2D eigenvalue weighted by Crippen LogP contribution is -2.43. The Bertz CT molecular complexity index is 947. The summed E-state index contributed by atoms with van der Waals surface area (Å²) >= 11 is 0. The molecule has 0 saturated heterocycles. The number of nitrogens with zero attached hydrogens (tertiary/aromatic N) is 1. The zero-order chi connectivity index (χ0) is 25.6. The molecule has 1 heterocycles. The molecule has 1 aliphatic heterocycles. The number of Topliss-reactive ketones (excluding diaryl/α,β-unsaturated/α-hetero) is 1. The Balaban J connectivity index is 2.25. The molecular weight excluding hydrogens is 332 g/mol. The highest BCUT2D eigenvalue weighted by Gasteiger charge is 2.32. The number of hydrogen-bond acceptors (Lipinski definition) is 4. The normalized spacial score (nSPS) is 29.4. The van der Waals surface area contributed by atoms with Crippen LogP contribution in [0.5, 0.6) is 0 Å². The van der Waals surface area contributed by atoms with Crippen molar-refractivity contribution in [2.45, 2.75) is 45.7 Å². The second-order valence-corrected chi connectivity index (χ2v) is 6.37. The number of rotatable bonds is 6. The molecule has 1 aromatic rings. The summed E-state index contributed by atoms with van der Waals surface area (Å²) in [6.07, 6.45) is -4.13. The smallest absolute Gasteiger partial charge is 0.249 e. The third kappa shape index (κ3) is 4.49. The van der Waals surface area contributed by atoms with Gasteiger partial charge in [0.1, 0.15) is 12.1 Å². The highest BCUT2D eigenvalue weighted by molar-refractivity contribution is 5.92. The molecule has 2 N–H and O–H groups in total. The number of carbonyl (C=O) groups is 3. The van der Waals surface area contributed by atoms with Gasteiger partial charge in [0, 0.05) is 34.1 Å². The van der Waals surface area contributed by atoms with E-state index in [1.165, 1.54) is 14.0 Å². The van der Waals surface area contributed by atoms with Crippen molar-refractivity contribution in [3.8, 4) is 0 Å². The van der Waals surface area contributed by atoms with Crippen LogP contribution in [-0.2, 0) is 20.8 Å². The average molecular weight is 367 g/mol. The quantitative estimate of drug-likeness (QED) is 0.797. The van der Waals surface area contributed by atoms with E-state index < -0.39 is 61.3 Å². The minimum atomic E-state index is -3.30. The number of hydrogen-bond donors (Lipinski definition) is 2. The SMILES string of the molecule is [2H]C1([2H])Cc2ccccc2[C@H](NC(=O)[C@H](C)CC(=O)[C@@]([2H])(O)C([2H])(C)C([2H])([2H])[2H])C(=O)N1C. The molecule has 1 aliphatic rings. The summed E-state index contributed by atoms with van der Waals surface area (Å²) < 4.78 is 54.0. The van der Waals surface area contributed by atoms with Crippen LogP contribution in [0.1, 0.15) is 53.9 Å². The summed E-state index contributed by atoms with van der Waals surface area (Å²) in [4.78, 5) is 39.2. The summed E-state index contributed by atoms with van der Waals surface area (Å²) in [5.74, 6) is -6.82. The summed E-state index contributed by atoms with van der Waals surface area (Å²) in [6, 6.07) is 5.34. The maximum absolute atomic E-state index is 13.0. The Morgan fingerprint density at radius 3 is 2.85 bits per heavy atom. The zero-order valence-electron chi connectivity index (χ0n) is 22.0. The molecule has 1 aromatic carbocycles. The molecule has 4 atom stereocenters. The molecule has 142 valence electrons. The number of ketones is 1. The lowest BCUT2D eigenvalue weighted by atomic mass is 9.94. The van der Waals surface area contributed by atoms with Crippen molar-refractivity contribution >= 4 is 17.6 Å². The lowest BCUT2D eigenvalue weighted by molar-refractivity contribution is -0.137. The Hall–Kier alpha value is -2.21. The van der Waals surface area contributed by atoms with Gasteiger partial charge >= 0.3 is 0 Å². The van der Waals surface area contributed by atoms with E-state index in [9.17, 15) is 19.5 Å². The molecule has 2 rings (SSSR count). The molecule has 26 heavy (non-hydrogen) atoms. The van der Waals surface area contributed by atoms with Gasteiger partial charge < -0.3 is 15.3 Å². The minimum absolute atomic E-state index is 0.0884. The second kappa shape index (κ2) is 8.45. The van der Waals surface area contributed by atoms with E-state index in [0.717, 1.165) is 11.8 Å². The Morgan fingerprint density at radius 1 is 1.46 bits per heavy atom. The largest absolute Gasteiger partial charge is 0.385 e. The van der Waals surface area contributed by atoms with Crippen LogP contribution in [0.4, 0.5) is 0 Å². The van der Waals surface area contributed by atoms with E-state index in [1.807, 2.05) is 0 Å². The molecule has 0 aromatic heterocycles. The molecular formula is C20H28N2O4. The van der Waals surface area contributed by atoms with Gasteiger partial charge in [-0.2, -0.15) is 0 Å². The maximum Gasteiger partial charge on any atom is 0.249 e. The molecule has 0 saturated carbocycles. The van der Waals surface area contributed by atoms with Crippen LogP contribution in [0.2, 0.25) is 0 Å². The van der Waals surface area contributed by atoms with Gasteiger partial charge in [-0.05, 0) is 23.4 Å². The van der Waals surface area contributed by atoms with Crippen molar-refractivity contribution in [2.24, 2.45) is 11.8 Å². The van der Waals surface area contributed by atoms with Gasteiger partial charge in [0.15, 0.2) is 5.78 Å². The first kappa shape index (κ1) is 12.2. The van der Waals surface area contributed by atoms with Gasteiger partial charge in [0.2, 0.25) is 11.8 Å². The summed E-state index contributed by atoms with van der Waals surface area (Å²) in [6.45, 7) is -3.08. The monoisotopic (exact) mass is 367 g/mol. The lowest BCUT2D eigenvalue weighted by Gasteiger charge is -2.24. The van der Waals surface area contributed by atoms with Crippen molar-refractivity contribution in [2.75, 3.05) is 13.5 Å². The minimum Gasteiger partial charge on any atom is -0.385 e. The molecule has 2 amide bonds. The molecule has 1 unspecified atom stereocenters. The topological polar surface area (TPSA) is 86.7 Å². The zero-order valence-corrected chi connectivity index (χ0v) is 15.0. The van der Waals surface area contributed by atoms with Crippen LogP contribution < -0.4 is 5.32 Å². The fourth-order valence-corrected chi connectivity index (χ4v) is 2.69. The van der Waals surface area contributed by atoms with E-state index in [0.29, 0.717) is 11.1 Å². The predicted molar refractivity (Wildman–Crippen MR) is 98.3 cm³/mol. The number of fused-ring (bicyclic) bond motifs is 1. The number of benzene rings is 1. The summed E-state index contributed by atoms with van der Waals surface area (Å²) in [7, 11) is 1.28. The van der Waals surface area contributed by atoms with E-state index in [2.05, 4.69) is 5.32 Å². The number of likely N-dealkylation sites (N-methyl/N-ethyl adjacent to an activating group) is 1. The standard InChI is InChI=1S/C20H28N2O4/c1-12(2)18(24)16(23)11-13(3)19(25)21-17-15-8-6-5-7-14(15)9-10-22(4)20(17)26/h5-8,12-13,17-18,24H,9-11H2,1-4H3,(H,21,25)/t13-,17+,18+/m1/s1/i1D3,10D2,12D,18D/t12?,13-,17+,18+. The van der Waals surface area contributed by atoms with Gasteiger partial charge in [-0.3, -0.25) is 14.4 Å². The van der Waals surface area contributed by atoms with E-state index in [1.54, 1.807) is 24.3 Å². The van der Waals surface area contributed by atoms with Crippen LogP contribution in [0.3, 0.4) is 0 Å². The van der Waals surface area contributed by atoms with Crippen LogP contribution in [0.15, 0.2) is 24.3 Å². The highest BCUT2D eigenvalue weighted by Crippen LogP contribution is 2.25. The van der Waals surface area contributed by atoms with Crippen molar-refractivity contribution in [3.63, 3.8) is 0 Å². The third-order valence-corrected chi connectivity index (χ3v) is 4.30. The van der Waals surface area contributed by atoms with Gasteiger partial charge in [-0.1, -0.05) is 45.0 Å². The van der Waals surface area contributed by atoms with Crippen LogP contribution >= 0.6 is 0 Å². The number of carbonyl (C=O) groups excluding carboxylic acids is 3. The van der Waals surface area contributed by atoms with Gasteiger partial charge in [0.05, 0.1) is 1.37 Å². The van der Waals surface area contributed by atoms with E-state index in [-0.39, 0.29) is 6.42 Å². The first-order valence-corrected chi connectivity index (χ1v) is 8.26. The van der Waals surface area contributed by atoms with Crippen molar-refractivity contribution < 1.29 is 29.1 Å². The molecule has 6 nitrogen and oxygen atoms in total. The number of aryl methyl sites for hydroxylation is 1. The number of amides is 2. The first-order chi connectivity index (χ1) is 14.8. The Morgan fingerprint density at radius 2 is 2.15 bits per heavy atom.